The van der Waals surface area contributed by atoms with Gasteiger partial charge in [0, 0.05) is 0 Å². The molecule has 2 N–H and O–H groups in total. The first-order chi connectivity index (χ1) is 5.93. The van der Waals surface area contributed by atoms with E-state index in [9.17, 15) is 10.2 Å². The maximum atomic E-state index is 9.19. The standard InChI is InChI=1S/C10H20O3/c1-8-4-9(2,6-11)13-10(3,5-8)7-12/h8,11-12H,4-7H2,1-3H3/t8?,9-,10+. The van der Waals surface area contributed by atoms with E-state index in [1.54, 1.807) is 0 Å². The molecule has 3 atom stereocenters. The van der Waals surface area contributed by atoms with Gasteiger partial charge in [0.15, 0.2) is 0 Å². The lowest BCUT2D eigenvalue weighted by molar-refractivity contribution is -0.214. The van der Waals surface area contributed by atoms with Gasteiger partial charge < -0.3 is 14.9 Å². The zero-order chi connectivity index (χ0) is 10.1. The van der Waals surface area contributed by atoms with Crippen molar-refractivity contribution < 1.29 is 14.9 Å². The van der Waals surface area contributed by atoms with Crippen LogP contribution in [0.1, 0.15) is 33.6 Å². The summed E-state index contributed by atoms with van der Waals surface area (Å²) in [5.41, 5.74) is -0.954. The molecule has 0 aromatic carbocycles. The van der Waals surface area contributed by atoms with Crippen molar-refractivity contribution in [3.05, 3.63) is 0 Å². The van der Waals surface area contributed by atoms with Crippen LogP contribution in [0.25, 0.3) is 0 Å². The fourth-order valence-electron chi connectivity index (χ4n) is 2.42. The van der Waals surface area contributed by atoms with Crippen LogP contribution in [0.3, 0.4) is 0 Å². The molecule has 78 valence electrons. The average molecular weight is 188 g/mol. The summed E-state index contributed by atoms with van der Waals surface area (Å²) in [4.78, 5) is 0. The Labute approximate surface area is 79.7 Å². The van der Waals surface area contributed by atoms with Gasteiger partial charge >= 0.3 is 0 Å². The molecule has 3 heteroatoms. The van der Waals surface area contributed by atoms with Crippen molar-refractivity contribution >= 4 is 0 Å². The Morgan fingerprint density at radius 3 is 1.85 bits per heavy atom. The summed E-state index contributed by atoms with van der Waals surface area (Å²) in [6.07, 6.45) is 1.72. The molecule has 0 bridgehead atoms. The van der Waals surface area contributed by atoms with Gasteiger partial charge in [-0.15, -0.1) is 0 Å². The zero-order valence-corrected chi connectivity index (χ0v) is 8.71. The predicted octanol–water partition coefficient (Wildman–Crippen LogP) is 0.935. The molecule has 0 amide bonds. The van der Waals surface area contributed by atoms with Gasteiger partial charge in [0.25, 0.3) is 0 Å². The van der Waals surface area contributed by atoms with E-state index in [-0.39, 0.29) is 13.2 Å². The molecule has 13 heavy (non-hydrogen) atoms. The van der Waals surface area contributed by atoms with E-state index in [0.29, 0.717) is 5.92 Å². The van der Waals surface area contributed by atoms with Crippen molar-refractivity contribution in [3.8, 4) is 0 Å². The van der Waals surface area contributed by atoms with Crippen LogP contribution in [0, 0.1) is 5.92 Å². The summed E-state index contributed by atoms with van der Waals surface area (Å²) in [6.45, 7) is 5.97. The van der Waals surface area contributed by atoms with E-state index in [0.717, 1.165) is 12.8 Å². The Balaban J connectivity index is 2.73. The van der Waals surface area contributed by atoms with Crippen LogP contribution in [0.15, 0.2) is 0 Å². The lowest BCUT2D eigenvalue weighted by Crippen LogP contribution is -2.51. The highest BCUT2D eigenvalue weighted by atomic mass is 16.5. The molecule has 1 aliphatic rings. The quantitative estimate of drug-likeness (QED) is 0.678. The van der Waals surface area contributed by atoms with Crippen LogP contribution in [-0.4, -0.2) is 34.6 Å². The molecule has 0 spiro atoms. The van der Waals surface area contributed by atoms with E-state index < -0.39 is 11.2 Å². The van der Waals surface area contributed by atoms with Gasteiger partial charge in [-0.3, -0.25) is 0 Å². The molecule has 0 aromatic heterocycles. The smallest absolute Gasteiger partial charge is 0.0895 e. The fourth-order valence-corrected chi connectivity index (χ4v) is 2.42. The van der Waals surface area contributed by atoms with E-state index in [1.165, 1.54) is 0 Å². The summed E-state index contributed by atoms with van der Waals surface area (Å²) in [7, 11) is 0. The third kappa shape index (κ3) is 2.42. The number of rotatable bonds is 2. The third-order valence-corrected chi connectivity index (χ3v) is 2.72. The molecule has 1 saturated heterocycles. The molecule has 0 aromatic rings. The zero-order valence-electron chi connectivity index (χ0n) is 8.71. The normalized spacial score (nSPS) is 46.4. The lowest BCUT2D eigenvalue weighted by Gasteiger charge is -2.46. The van der Waals surface area contributed by atoms with Crippen molar-refractivity contribution in [2.45, 2.75) is 44.8 Å². The molecule has 1 aliphatic heterocycles. The second-order valence-electron chi connectivity index (χ2n) is 4.83. The molecule has 0 aliphatic carbocycles. The number of aliphatic hydroxyl groups excluding tert-OH is 2. The van der Waals surface area contributed by atoms with Crippen molar-refractivity contribution in [2.24, 2.45) is 5.92 Å². The number of hydrogen-bond donors (Lipinski definition) is 2. The summed E-state index contributed by atoms with van der Waals surface area (Å²) in [5, 5.41) is 18.4. The second-order valence-corrected chi connectivity index (χ2v) is 4.83. The summed E-state index contributed by atoms with van der Waals surface area (Å²) < 4.78 is 5.73. The first-order valence-electron chi connectivity index (χ1n) is 4.85. The van der Waals surface area contributed by atoms with Crippen LogP contribution in [-0.2, 0) is 4.74 Å². The van der Waals surface area contributed by atoms with Gasteiger partial charge in [-0.2, -0.15) is 0 Å². The first-order valence-corrected chi connectivity index (χ1v) is 4.85. The Morgan fingerprint density at radius 2 is 1.54 bits per heavy atom. The van der Waals surface area contributed by atoms with Crippen molar-refractivity contribution in [3.63, 3.8) is 0 Å². The summed E-state index contributed by atoms with van der Waals surface area (Å²) >= 11 is 0. The van der Waals surface area contributed by atoms with Crippen molar-refractivity contribution in [1.29, 1.82) is 0 Å². The average Bonchev–Trinajstić information content (AvgIpc) is 2.02. The number of hydrogen-bond acceptors (Lipinski definition) is 3. The van der Waals surface area contributed by atoms with Gasteiger partial charge in [-0.1, -0.05) is 6.92 Å². The van der Waals surface area contributed by atoms with Gasteiger partial charge in [0.2, 0.25) is 0 Å². The Kier molecular flexibility index (Phi) is 3.00. The fraction of sp³-hybridized carbons (Fsp3) is 1.00. The van der Waals surface area contributed by atoms with Gasteiger partial charge in [-0.25, -0.2) is 0 Å². The van der Waals surface area contributed by atoms with Crippen molar-refractivity contribution in [2.75, 3.05) is 13.2 Å². The predicted molar refractivity (Wildman–Crippen MR) is 50.5 cm³/mol. The minimum Gasteiger partial charge on any atom is -0.393 e. The molecule has 0 saturated carbocycles. The monoisotopic (exact) mass is 188 g/mol. The lowest BCUT2D eigenvalue weighted by atomic mass is 9.81. The Bertz CT molecular complexity index is 165. The van der Waals surface area contributed by atoms with E-state index in [1.807, 2.05) is 13.8 Å². The minimum atomic E-state index is -0.477. The maximum absolute atomic E-state index is 9.19. The molecular weight excluding hydrogens is 168 g/mol. The molecule has 1 fully saturated rings. The third-order valence-electron chi connectivity index (χ3n) is 2.72. The molecular formula is C10H20O3. The van der Waals surface area contributed by atoms with Crippen LogP contribution in [0.4, 0.5) is 0 Å². The summed E-state index contributed by atoms with van der Waals surface area (Å²) in [6, 6.07) is 0. The van der Waals surface area contributed by atoms with Crippen molar-refractivity contribution in [1.82, 2.24) is 0 Å². The van der Waals surface area contributed by atoms with Gasteiger partial charge in [-0.05, 0) is 32.6 Å². The highest BCUT2D eigenvalue weighted by Gasteiger charge is 2.42. The maximum Gasteiger partial charge on any atom is 0.0895 e. The number of aliphatic hydroxyl groups is 2. The molecule has 1 heterocycles. The largest absolute Gasteiger partial charge is 0.393 e. The first kappa shape index (κ1) is 11.0. The topological polar surface area (TPSA) is 49.7 Å². The van der Waals surface area contributed by atoms with Crippen LogP contribution < -0.4 is 0 Å². The van der Waals surface area contributed by atoms with Crippen LogP contribution >= 0.6 is 0 Å². The highest BCUT2D eigenvalue weighted by molar-refractivity contribution is 4.91. The Morgan fingerprint density at radius 1 is 1.15 bits per heavy atom. The highest BCUT2D eigenvalue weighted by Crippen LogP contribution is 2.38. The van der Waals surface area contributed by atoms with E-state index >= 15 is 0 Å². The van der Waals surface area contributed by atoms with Crippen LogP contribution in [0.5, 0.6) is 0 Å². The molecule has 3 nitrogen and oxygen atoms in total. The second kappa shape index (κ2) is 3.56. The SMILES string of the molecule is CC1C[C@](C)(CO)O[C@](C)(CO)C1. The summed E-state index contributed by atoms with van der Waals surface area (Å²) in [5.74, 6) is 0.489. The van der Waals surface area contributed by atoms with E-state index in [2.05, 4.69) is 6.92 Å². The van der Waals surface area contributed by atoms with Gasteiger partial charge in [0.1, 0.15) is 0 Å². The van der Waals surface area contributed by atoms with Gasteiger partial charge in [0.05, 0.1) is 24.4 Å². The van der Waals surface area contributed by atoms with E-state index in [4.69, 9.17) is 4.74 Å². The van der Waals surface area contributed by atoms with Crippen LogP contribution in [0.2, 0.25) is 0 Å². The minimum absolute atomic E-state index is 0.0208. The Hall–Kier alpha value is -0.120. The molecule has 1 unspecified atom stereocenters. The number of ether oxygens (including phenoxy) is 1. The molecule has 1 rings (SSSR count). The molecule has 0 radical (unpaired) electrons.